The molecule has 0 spiro atoms. The Morgan fingerprint density at radius 2 is 2.38 bits per heavy atom. The van der Waals surface area contributed by atoms with Crippen LogP contribution in [0.15, 0.2) is 29.5 Å². The quantitative estimate of drug-likeness (QED) is 0.640. The van der Waals surface area contributed by atoms with E-state index in [1.807, 2.05) is 6.20 Å². The third-order valence-electron chi connectivity index (χ3n) is 2.14. The van der Waals surface area contributed by atoms with Gasteiger partial charge in [0.2, 0.25) is 0 Å². The van der Waals surface area contributed by atoms with Crippen LogP contribution in [0, 0.1) is 0 Å². The molecule has 2 heterocycles. The van der Waals surface area contributed by atoms with Crippen LogP contribution in [0.4, 0.5) is 5.69 Å². The number of anilines is 1. The lowest BCUT2D eigenvalue weighted by molar-refractivity contribution is 0.815. The van der Waals surface area contributed by atoms with Gasteiger partial charge in [0, 0.05) is 31.4 Å². The zero-order chi connectivity index (χ0) is 11.2. The molecule has 6 heteroatoms. The number of H-pyrrole nitrogens is 2. The van der Waals surface area contributed by atoms with Gasteiger partial charge >= 0.3 is 0 Å². The molecule has 2 aromatic rings. The van der Waals surface area contributed by atoms with E-state index in [0.29, 0.717) is 0 Å². The summed E-state index contributed by atoms with van der Waals surface area (Å²) in [5.74, 6) is 0.978. The Labute approximate surface area is 92.1 Å². The first kappa shape index (κ1) is 10.4. The van der Waals surface area contributed by atoms with Gasteiger partial charge in [-0.2, -0.15) is 5.10 Å². The molecule has 84 valence electrons. The molecule has 2 aromatic heterocycles. The van der Waals surface area contributed by atoms with Gasteiger partial charge in [0.05, 0.1) is 11.9 Å². The normalized spacial score (nSPS) is 10.2. The highest BCUT2D eigenvalue weighted by Crippen LogP contribution is 2.00. The second-order valence-corrected chi connectivity index (χ2v) is 3.40. The molecule has 0 amide bonds. The second-order valence-electron chi connectivity index (χ2n) is 3.40. The molecule has 0 unspecified atom stereocenters. The standard InChI is InChI=1S/C10H13N5O/c16-10-6-8(7-14-15-10)11-3-1-2-9-12-4-5-13-9/h4-7H,1-3H2,(H,12,13)(H2,11,15,16). The van der Waals surface area contributed by atoms with Gasteiger partial charge in [0.1, 0.15) is 5.82 Å². The highest BCUT2D eigenvalue weighted by atomic mass is 16.1. The molecular weight excluding hydrogens is 206 g/mol. The predicted octanol–water partition coefficient (Wildman–Crippen LogP) is 0.538. The summed E-state index contributed by atoms with van der Waals surface area (Å²) in [7, 11) is 0. The van der Waals surface area contributed by atoms with Crippen molar-refractivity contribution in [2.24, 2.45) is 0 Å². The summed E-state index contributed by atoms with van der Waals surface area (Å²) in [4.78, 5) is 18.1. The van der Waals surface area contributed by atoms with Gasteiger partial charge in [-0.15, -0.1) is 0 Å². The van der Waals surface area contributed by atoms with Gasteiger partial charge < -0.3 is 10.3 Å². The van der Waals surface area contributed by atoms with Crippen molar-refractivity contribution in [3.63, 3.8) is 0 Å². The minimum Gasteiger partial charge on any atom is -0.384 e. The number of nitrogens with one attached hydrogen (secondary N) is 3. The molecule has 0 aromatic carbocycles. The lowest BCUT2D eigenvalue weighted by atomic mass is 10.3. The monoisotopic (exact) mass is 219 g/mol. The molecule has 0 saturated carbocycles. The van der Waals surface area contributed by atoms with Crippen LogP contribution in [-0.4, -0.2) is 26.7 Å². The molecular formula is C10H13N5O. The molecule has 0 aliphatic heterocycles. The van der Waals surface area contributed by atoms with Crippen LogP contribution in [0.2, 0.25) is 0 Å². The van der Waals surface area contributed by atoms with E-state index in [1.54, 1.807) is 12.4 Å². The van der Waals surface area contributed by atoms with Crippen molar-refractivity contribution in [1.29, 1.82) is 0 Å². The van der Waals surface area contributed by atoms with E-state index in [9.17, 15) is 4.79 Å². The van der Waals surface area contributed by atoms with Crippen molar-refractivity contribution in [3.8, 4) is 0 Å². The Bertz CT molecular complexity index is 476. The molecule has 0 aliphatic carbocycles. The van der Waals surface area contributed by atoms with Gasteiger partial charge in [-0.25, -0.2) is 10.1 Å². The first-order chi connectivity index (χ1) is 7.84. The SMILES string of the molecule is O=c1cc(NCCCc2ncc[nH]2)cn[nH]1. The summed E-state index contributed by atoms with van der Waals surface area (Å²) in [6.07, 6.45) is 6.97. The van der Waals surface area contributed by atoms with Crippen LogP contribution in [0.1, 0.15) is 12.2 Å². The van der Waals surface area contributed by atoms with Crippen LogP contribution in [0.5, 0.6) is 0 Å². The number of hydrogen-bond acceptors (Lipinski definition) is 4. The van der Waals surface area contributed by atoms with E-state index in [2.05, 4.69) is 25.5 Å². The van der Waals surface area contributed by atoms with E-state index < -0.39 is 0 Å². The maximum atomic E-state index is 10.9. The van der Waals surface area contributed by atoms with Crippen LogP contribution in [0.25, 0.3) is 0 Å². The zero-order valence-electron chi connectivity index (χ0n) is 8.73. The summed E-state index contributed by atoms with van der Waals surface area (Å²) in [6.45, 7) is 0.784. The van der Waals surface area contributed by atoms with Crippen LogP contribution >= 0.6 is 0 Å². The van der Waals surface area contributed by atoms with Crippen molar-refractivity contribution in [2.45, 2.75) is 12.8 Å². The minimum absolute atomic E-state index is 0.198. The topological polar surface area (TPSA) is 86.5 Å². The fourth-order valence-corrected chi connectivity index (χ4v) is 1.40. The molecule has 0 aliphatic rings. The van der Waals surface area contributed by atoms with Crippen molar-refractivity contribution in [1.82, 2.24) is 20.2 Å². The lowest BCUT2D eigenvalue weighted by Crippen LogP contribution is -2.10. The molecule has 16 heavy (non-hydrogen) atoms. The van der Waals surface area contributed by atoms with Crippen molar-refractivity contribution < 1.29 is 0 Å². The number of aromatic amines is 2. The molecule has 0 atom stereocenters. The Hall–Kier alpha value is -2.11. The van der Waals surface area contributed by atoms with Gasteiger partial charge in [0.25, 0.3) is 5.56 Å². The van der Waals surface area contributed by atoms with Crippen LogP contribution in [0.3, 0.4) is 0 Å². The van der Waals surface area contributed by atoms with E-state index in [0.717, 1.165) is 30.9 Å². The predicted molar refractivity (Wildman–Crippen MR) is 60.3 cm³/mol. The number of nitrogens with zero attached hydrogens (tertiary/aromatic N) is 2. The summed E-state index contributed by atoms with van der Waals surface area (Å²) in [5.41, 5.74) is 0.541. The van der Waals surface area contributed by atoms with E-state index in [-0.39, 0.29) is 5.56 Å². The molecule has 0 saturated heterocycles. The molecule has 2 rings (SSSR count). The molecule has 6 nitrogen and oxygen atoms in total. The Kier molecular flexibility index (Phi) is 3.32. The highest BCUT2D eigenvalue weighted by molar-refractivity contribution is 5.38. The van der Waals surface area contributed by atoms with Crippen LogP contribution < -0.4 is 10.9 Å². The van der Waals surface area contributed by atoms with Crippen molar-refractivity contribution >= 4 is 5.69 Å². The van der Waals surface area contributed by atoms with Crippen molar-refractivity contribution in [3.05, 3.63) is 40.8 Å². The van der Waals surface area contributed by atoms with Gasteiger partial charge in [-0.05, 0) is 6.42 Å². The van der Waals surface area contributed by atoms with Gasteiger partial charge in [-0.1, -0.05) is 0 Å². The number of aryl methyl sites for hydroxylation is 1. The zero-order valence-corrected chi connectivity index (χ0v) is 8.73. The Balaban J connectivity index is 1.74. The Morgan fingerprint density at radius 3 is 3.12 bits per heavy atom. The third kappa shape index (κ3) is 2.94. The number of rotatable bonds is 5. The highest BCUT2D eigenvalue weighted by Gasteiger charge is 1.96. The first-order valence-electron chi connectivity index (χ1n) is 5.11. The fraction of sp³-hybridized carbons (Fsp3) is 0.300. The van der Waals surface area contributed by atoms with Gasteiger partial charge in [0.15, 0.2) is 0 Å². The second kappa shape index (κ2) is 5.11. The summed E-state index contributed by atoms with van der Waals surface area (Å²) in [5, 5.41) is 9.14. The Morgan fingerprint density at radius 1 is 1.44 bits per heavy atom. The molecule has 0 bridgehead atoms. The first-order valence-corrected chi connectivity index (χ1v) is 5.11. The van der Waals surface area contributed by atoms with Gasteiger partial charge in [-0.3, -0.25) is 4.79 Å². The average molecular weight is 219 g/mol. The number of hydrogen-bond donors (Lipinski definition) is 3. The smallest absolute Gasteiger partial charge is 0.266 e. The average Bonchev–Trinajstić information content (AvgIpc) is 2.77. The maximum Gasteiger partial charge on any atom is 0.266 e. The third-order valence-corrected chi connectivity index (χ3v) is 2.14. The largest absolute Gasteiger partial charge is 0.384 e. The molecule has 0 fully saturated rings. The van der Waals surface area contributed by atoms with E-state index in [1.165, 1.54) is 6.07 Å². The fourth-order valence-electron chi connectivity index (χ4n) is 1.40. The number of aromatic nitrogens is 4. The lowest BCUT2D eigenvalue weighted by Gasteiger charge is -2.03. The van der Waals surface area contributed by atoms with Crippen molar-refractivity contribution in [2.75, 3.05) is 11.9 Å². The molecule has 3 N–H and O–H groups in total. The minimum atomic E-state index is -0.198. The van der Waals surface area contributed by atoms with Crippen LogP contribution in [-0.2, 0) is 6.42 Å². The summed E-state index contributed by atoms with van der Waals surface area (Å²) >= 11 is 0. The number of imidazole rings is 1. The molecule has 0 radical (unpaired) electrons. The summed E-state index contributed by atoms with van der Waals surface area (Å²) < 4.78 is 0. The van der Waals surface area contributed by atoms with E-state index in [4.69, 9.17) is 0 Å². The maximum absolute atomic E-state index is 10.9. The van der Waals surface area contributed by atoms with E-state index >= 15 is 0 Å². The summed E-state index contributed by atoms with van der Waals surface area (Å²) in [6, 6.07) is 1.49.